The number of rotatable bonds is 3. The molecule has 11 heteroatoms. The van der Waals surface area contributed by atoms with Gasteiger partial charge in [0.15, 0.2) is 0 Å². The fourth-order valence-corrected chi connectivity index (χ4v) is 4.60. The number of hydrogen-bond donors (Lipinski definition) is 2. The minimum Gasteiger partial charge on any atom is -0.346 e. The quantitative estimate of drug-likeness (QED) is 0.580. The average Bonchev–Trinajstić information content (AvgIpc) is 3.39. The molecule has 8 nitrogen and oxygen atoms in total. The van der Waals surface area contributed by atoms with Gasteiger partial charge in [0.25, 0.3) is 11.8 Å². The summed E-state index contributed by atoms with van der Waals surface area (Å²) in [6.45, 7) is 1.93. The van der Waals surface area contributed by atoms with Crippen LogP contribution in [0.25, 0.3) is 11.1 Å². The SMILES string of the molecule is Cc1cc(C(=O)N[C@H]2C[C@H]3C(=O)Nc4ccc(-c5cccc(C(F)(F)F)c5)cc4C(=O)N3C2)nn1C. The van der Waals surface area contributed by atoms with Crippen molar-refractivity contribution in [3.63, 3.8) is 0 Å². The molecule has 1 aromatic heterocycles. The number of aromatic nitrogens is 2. The molecule has 0 saturated carbocycles. The highest BCUT2D eigenvalue weighted by molar-refractivity contribution is 6.11. The standard InChI is InChI=1S/C25H22F3N5O3/c1-13-8-20(31-32(13)2)22(34)29-17-11-21-23(35)30-19-7-6-15(10-18(19)24(36)33(21)12-17)14-4-3-5-16(9-14)25(26,27)28/h3-10,17,21H,11-12H2,1-2H3,(H,29,34)(H,30,35)/t17-,21-/m0/s1. The Labute approximate surface area is 204 Å². The van der Waals surface area contributed by atoms with Crippen molar-refractivity contribution in [3.05, 3.63) is 71.0 Å². The third kappa shape index (κ3) is 4.21. The number of benzene rings is 2. The summed E-state index contributed by atoms with van der Waals surface area (Å²) in [7, 11) is 1.72. The van der Waals surface area contributed by atoms with Gasteiger partial charge in [0, 0.05) is 25.3 Å². The first-order valence-corrected chi connectivity index (χ1v) is 11.3. The number of alkyl halides is 3. The van der Waals surface area contributed by atoms with Gasteiger partial charge in [0.2, 0.25) is 5.91 Å². The number of amides is 3. The van der Waals surface area contributed by atoms with Gasteiger partial charge in [-0.15, -0.1) is 0 Å². The predicted octanol–water partition coefficient (Wildman–Crippen LogP) is 3.38. The number of nitrogens with zero attached hydrogens (tertiary/aromatic N) is 3. The van der Waals surface area contributed by atoms with Crippen LogP contribution < -0.4 is 10.6 Å². The number of carbonyl (C=O) groups excluding carboxylic acids is 3. The monoisotopic (exact) mass is 497 g/mol. The van der Waals surface area contributed by atoms with Gasteiger partial charge in [-0.2, -0.15) is 18.3 Å². The maximum absolute atomic E-state index is 13.4. The minimum atomic E-state index is -4.50. The van der Waals surface area contributed by atoms with E-state index in [0.717, 1.165) is 17.8 Å². The lowest BCUT2D eigenvalue weighted by molar-refractivity contribution is -0.137. The normalized spacial score (nSPS) is 19.4. The number of carbonyl (C=O) groups is 3. The van der Waals surface area contributed by atoms with Crippen LogP contribution in [0.3, 0.4) is 0 Å². The molecule has 3 heterocycles. The van der Waals surface area contributed by atoms with Crippen LogP contribution in [-0.4, -0.2) is 51.0 Å². The van der Waals surface area contributed by atoms with Crippen molar-refractivity contribution in [1.82, 2.24) is 20.0 Å². The Kier molecular flexibility index (Phi) is 5.57. The Balaban J connectivity index is 1.40. The maximum Gasteiger partial charge on any atom is 0.416 e. The molecule has 0 unspecified atom stereocenters. The summed E-state index contributed by atoms with van der Waals surface area (Å²) in [5.74, 6) is -1.23. The van der Waals surface area contributed by atoms with E-state index >= 15 is 0 Å². The number of fused-ring (bicyclic) bond motifs is 2. The van der Waals surface area contributed by atoms with Crippen molar-refractivity contribution in [2.24, 2.45) is 7.05 Å². The Morgan fingerprint density at radius 1 is 1.11 bits per heavy atom. The number of nitrogens with one attached hydrogen (secondary N) is 2. The molecule has 1 fully saturated rings. The highest BCUT2D eigenvalue weighted by Gasteiger charge is 2.43. The Bertz CT molecular complexity index is 1380. The minimum absolute atomic E-state index is 0.113. The molecule has 0 radical (unpaired) electrons. The van der Waals surface area contributed by atoms with Gasteiger partial charge in [0.1, 0.15) is 11.7 Å². The largest absolute Gasteiger partial charge is 0.416 e. The van der Waals surface area contributed by atoms with Crippen molar-refractivity contribution >= 4 is 23.4 Å². The molecule has 36 heavy (non-hydrogen) atoms. The van der Waals surface area contributed by atoms with Crippen LogP contribution in [-0.2, 0) is 18.0 Å². The molecular formula is C25H22F3N5O3. The predicted molar refractivity (Wildman–Crippen MR) is 124 cm³/mol. The molecule has 2 aliphatic heterocycles. The first-order valence-electron chi connectivity index (χ1n) is 11.3. The molecule has 0 spiro atoms. The number of hydrogen-bond acceptors (Lipinski definition) is 4. The van der Waals surface area contributed by atoms with Crippen molar-refractivity contribution < 1.29 is 27.6 Å². The van der Waals surface area contributed by atoms with Crippen molar-refractivity contribution in [2.75, 3.05) is 11.9 Å². The highest BCUT2D eigenvalue weighted by Crippen LogP contribution is 2.35. The second kappa shape index (κ2) is 8.51. The smallest absolute Gasteiger partial charge is 0.346 e. The van der Waals surface area contributed by atoms with Crippen LogP contribution in [0.15, 0.2) is 48.5 Å². The summed E-state index contributed by atoms with van der Waals surface area (Å²) in [5.41, 5.74) is 1.43. The van der Waals surface area contributed by atoms with E-state index in [0.29, 0.717) is 16.8 Å². The molecule has 2 atom stereocenters. The van der Waals surface area contributed by atoms with E-state index in [1.165, 1.54) is 29.2 Å². The molecule has 2 aliphatic rings. The third-order valence-electron chi connectivity index (χ3n) is 6.58. The van der Waals surface area contributed by atoms with Crippen LogP contribution in [0.5, 0.6) is 0 Å². The van der Waals surface area contributed by atoms with E-state index in [4.69, 9.17) is 0 Å². The lowest BCUT2D eigenvalue weighted by Crippen LogP contribution is -2.41. The van der Waals surface area contributed by atoms with E-state index in [-0.39, 0.29) is 30.1 Å². The van der Waals surface area contributed by atoms with Gasteiger partial charge in [-0.3, -0.25) is 19.1 Å². The molecule has 3 aromatic rings. The van der Waals surface area contributed by atoms with Crippen LogP contribution in [0, 0.1) is 6.92 Å². The molecule has 5 rings (SSSR count). The fraction of sp³-hybridized carbons (Fsp3) is 0.280. The first-order chi connectivity index (χ1) is 17.0. The summed E-state index contributed by atoms with van der Waals surface area (Å²) < 4.78 is 41.1. The summed E-state index contributed by atoms with van der Waals surface area (Å²) in [6, 6.07) is 9.79. The van der Waals surface area contributed by atoms with Gasteiger partial charge >= 0.3 is 6.18 Å². The Morgan fingerprint density at radius 3 is 2.56 bits per heavy atom. The number of anilines is 1. The van der Waals surface area contributed by atoms with Crippen molar-refractivity contribution in [2.45, 2.75) is 31.6 Å². The molecule has 186 valence electrons. The zero-order valence-corrected chi connectivity index (χ0v) is 19.4. The van der Waals surface area contributed by atoms with E-state index < -0.39 is 35.6 Å². The highest BCUT2D eigenvalue weighted by atomic mass is 19.4. The maximum atomic E-state index is 13.4. The molecule has 2 N–H and O–H groups in total. The van der Waals surface area contributed by atoms with Crippen molar-refractivity contribution in [3.8, 4) is 11.1 Å². The van der Waals surface area contributed by atoms with E-state index in [1.807, 2.05) is 6.92 Å². The van der Waals surface area contributed by atoms with Crippen LogP contribution in [0.2, 0.25) is 0 Å². The third-order valence-corrected chi connectivity index (χ3v) is 6.58. The summed E-state index contributed by atoms with van der Waals surface area (Å²) in [6.07, 6.45) is -4.27. The Morgan fingerprint density at radius 2 is 1.86 bits per heavy atom. The zero-order valence-electron chi connectivity index (χ0n) is 19.4. The molecule has 0 bridgehead atoms. The zero-order chi connectivity index (χ0) is 25.8. The molecular weight excluding hydrogens is 475 g/mol. The Hall–Kier alpha value is -4.15. The van der Waals surface area contributed by atoms with E-state index in [2.05, 4.69) is 15.7 Å². The lowest BCUT2D eigenvalue weighted by atomic mass is 9.99. The summed E-state index contributed by atoms with van der Waals surface area (Å²) in [4.78, 5) is 40.4. The summed E-state index contributed by atoms with van der Waals surface area (Å²) >= 11 is 0. The van der Waals surface area contributed by atoms with E-state index in [9.17, 15) is 27.6 Å². The van der Waals surface area contributed by atoms with Gasteiger partial charge in [-0.25, -0.2) is 0 Å². The molecule has 2 aromatic carbocycles. The molecule has 3 amide bonds. The van der Waals surface area contributed by atoms with Gasteiger partial charge < -0.3 is 15.5 Å². The van der Waals surface area contributed by atoms with Gasteiger partial charge in [0.05, 0.1) is 16.8 Å². The molecule has 1 saturated heterocycles. The molecule has 0 aliphatic carbocycles. The fourth-order valence-electron chi connectivity index (χ4n) is 4.60. The first kappa shape index (κ1) is 23.6. The number of halogens is 3. The number of aryl methyl sites for hydroxylation is 2. The van der Waals surface area contributed by atoms with Crippen LogP contribution >= 0.6 is 0 Å². The van der Waals surface area contributed by atoms with Gasteiger partial charge in [-0.05, 0) is 54.8 Å². The second-order valence-electron chi connectivity index (χ2n) is 9.00. The lowest BCUT2D eigenvalue weighted by Gasteiger charge is -2.20. The second-order valence-corrected chi connectivity index (χ2v) is 9.00. The summed E-state index contributed by atoms with van der Waals surface area (Å²) in [5, 5.41) is 9.74. The average molecular weight is 497 g/mol. The van der Waals surface area contributed by atoms with Crippen LogP contribution in [0.4, 0.5) is 18.9 Å². The van der Waals surface area contributed by atoms with Crippen LogP contribution in [0.1, 0.15) is 38.5 Å². The topological polar surface area (TPSA) is 96.3 Å². The van der Waals surface area contributed by atoms with Crippen molar-refractivity contribution in [1.29, 1.82) is 0 Å². The van der Waals surface area contributed by atoms with E-state index in [1.54, 1.807) is 23.9 Å². The van der Waals surface area contributed by atoms with Gasteiger partial charge in [-0.1, -0.05) is 18.2 Å².